The minimum absolute atomic E-state index is 0.320. The molecule has 5 atom stereocenters. The van der Waals surface area contributed by atoms with Crippen LogP contribution >= 0.6 is 22.6 Å². The molecule has 0 radical (unpaired) electrons. The molecule has 1 fully saturated rings. The average Bonchev–Trinajstić information content (AvgIpc) is 2.35. The summed E-state index contributed by atoms with van der Waals surface area (Å²) in [6, 6.07) is -1.24. The quantitative estimate of drug-likeness (QED) is 0.407. The molecule has 0 spiro atoms. The van der Waals surface area contributed by atoms with Crippen LogP contribution in [0.1, 0.15) is 20.8 Å². The van der Waals surface area contributed by atoms with Crippen LogP contribution in [0, 0.1) is 0 Å². The number of nitrogens with one attached hydrogen (secondary N) is 1. The fraction of sp³-hybridized carbons (Fsp3) is 0.750. The summed E-state index contributed by atoms with van der Waals surface area (Å²) in [7, 11) is 0. The normalized spacial score (nSPS) is 32.1. The average molecular weight is 417 g/mol. The molecule has 1 aliphatic rings. The first kappa shape index (κ1) is 18.1. The summed E-state index contributed by atoms with van der Waals surface area (Å²) < 4.78 is 30.2. The summed E-state index contributed by atoms with van der Waals surface area (Å²) in [4.78, 5) is 33.4. The van der Waals surface area contributed by atoms with Gasteiger partial charge in [-0.3, -0.25) is 14.4 Å². The van der Waals surface area contributed by atoms with Crippen LogP contribution in [0.3, 0.4) is 0 Å². The number of carbonyl (C=O) groups excluding carboxylic acids is 3. The summed E-state index contributed by atoms with van der Waals surface area (Å²) in [5.41, 5.74) is 0. The van der Waals surface area contributed by atoms with Gasteiger partial charge in [-0.1, -0.05) is 22.6 Å². The summed E-state index contributed by atoms with van der Waals surface area (Å²) in [5, 5.41) is 2.32. The van der Waals surface area contributed by atoms with Crippen LogP contribution < -0.4 is 5.32 Å². The Hall–Kier alpha value is -0.970. The number of carbonyl (C=O) groups is 3. The van der Waals surface area contributed by atoms with E-state index in [2.05, 4.69) is 5.32 Å². The second-order valence-corrected chi connectivity index (χ2v) is 5.43. The Balaban J connectivity index is 2.99. The third-order valence-corrected chi connectivity index (χ3v) is 3.60. The molecule has 120 valence electrons. The number of amides is 1. The molecule has 9 heteroatoms. The van der Waals surface area contributed by atoms with E-state index in [1.54, 1.807) is 0 Å². The largest absolute Gasteiger partial charge is 0.457 e. The molecule has 0 aromatic heterocycles. The lowest BCUT2D eigenvalue weighted by molar-refractivity contribution is -0.247. The van der Waals surface area contributed by atoms with Crippen molar-refractivity contribution in [2.45, 2.75) is 51.5 Å². The fourth-order valence-corrected chi connectivity index (χ4v) is 2.71. The predicted octanol–water partition coefficient (Wildman–Crippen LogP) is 0.484. The lowest BCUT2D eigenvalue weighted by Crippen LogP contribution is -2.63. The second-order valence-electron chi connectivity index (χ2n) is 4.55. The number of hydrogen-bond donors (Lipinski definition) is 1. The second kappa shape index (κ2) is 7.87. The van der Waals surface area contributed by atoms with Gasteiger partial charge < -0.3 is 19.5 Å². The fourth-order valence-electron chi connectivity index (χ4n) is 2.00. The minimum atomic E-state index is -1.75. The van der Waals surface area contributed by atoms with Gasteiger partial charge in [0.2, 0.25) is 12.2 Å². The molecule has 0 saturated carbocycles. The van der Waals surface area contributed by atoms with E-state index in [1.807, 2.05) is 22.6 Å². The molecule has 0 aliphatic carbocycles. The van der Waals surface area contributed by atoms with Gasteiger partial charge in [0.05, 0.1) is 0 Å². The van der Waals surface area contributed by atoms with Crippen molar-refractivity contribution in [2.24, 2.45) is 0 Å². The summed E-state index contributed by atoms with van der Waals surface area (Å²) in [5.74, 6) is -1.84. The third kappa shape index (κ3) is 5.06. The Labute approximate surface area is 135 Å². The predicted molar refractivity (Wildman–Crippen MR) is 77.4 cm³/mol. The van der Waals surface area contributed by atoms with Crippen LogP contribution in [0.15, 0.2) is 0 Å². The van der Waals surface area contributed by atoms with Gasteiger partial charge in [-0.05, 0) is 0 Å². The highest BCUT2D eigenvalue weighted by atomic mass is 127. The molecule has 0 aromatic rings. The third-order valence-electron chi connectivity index (χ3n) is 2.73. The number of alkyl halides is 2. The molecule has 1 aliphatic heterocycles. The Morgan fingerprint density at radius 1 is 1.19 bits per heavy atom. The van der Waals surface area contributed by atoms with E-state index in [0.29, 0.717) is 4.43 Å². The standard InChI is InChI=1S/C12H17FINO6/c1-5(16)15-10-9(13)11(19-6(2)17)8(4-14)21-12(10)20-7(3)18/h8-12H,4H2,1-3H3,(H,15,16)/t8-,9-,10-,11-,12+/m1/s1. The van der Waals surface area contributed by atoms with Gasteiger partial charge in [0.25, 0.3) is 0 Å². The highest BCUT2D eigenvalue weighted by molar-refractivity contribution is 14.1. The van der Waals surface area contributed by atoms with Gasteiger partial charge in [0.1, 0.15) is 12.1 Å². The molecule has 0 aromatic carbocycles. The SMILES string of the molecule is CC(=O)N[C@H]1[C@@H](OC(C)=O)O[C@H](CI)[C@@H](OC(C)=O)[C@@H]1F. The van der Waals surface area contributed by atoms with Crippen LogP contribution in [0.5, 0.6) is 0 Å². The van der Waals surface area contributed by atoms with Crippen molar-refractivity contribution in [3.05, 3.63) is 0 Å². The molecule has 1 saturated heterocycles. The molecular weight excluding hydrogens is 400 g/mol. The number of ether oxygens (including phenoxy) is 3. The highest BCUT2D eigenvalue weighted by Gasteiger charge is 2.49. The van der Waals surface area contributed by atoms with Crippen molar-refractivity contribution < 1.29 is 33.0 Å². The molecule has 1 amide bonds. The van der Waals surface area contributed by atoms with Gasteiger partial charge in [0, 0.05) is 25.2 Å². The Bertz CT molecular complexity index is 421. The maximum Gasteiger partial charge on any atom is 0.305 e. The molecule has 1 N–H and O–H groups in total. The van der Waals surface area contributed by atoms with Crippen LogP contribution in [-0.4, -0.2) is 53.0 Å². The zero-order valence-electron chi connectivity index (χ0n) is 11.8. The van der Waals surface area contributed by atoms with Gasteiger partial charge >= 0.3 is 11.9 Å². The zero-order valence-corrected chi connectivity index (χ0v) is 14.0. The van der Waals surface area contributed by atoms with Gasteiger partial charge in [-0.25, -0.2) is 4.39 Å². The number of rotatable bonds is 4. The summed E-state index contributed by atoms with van der Waals surface area (Å²) in [6.45, 7) is 3.50. The van der Waals surface area contributed by atoms with E-state index >= 15 is 0 Å². The van der Waals surface area contributed by atoms with E-state index < -0.39 is 48.6 Å². The van der Waals surface area contributed by atoms with Gasteiger partial charge in [-0.15, -0.1) is 0 Å². The molecule has 21 heavy (non-hydrogen) atoms. The highest BCUT2D eigenvalue weighted by Crippen LogP contribution is 2.28. The van der Waals surface area contributed by atoms with Gasteiger partial charge in [0.15, 0.2) is 12.3 Å². The first-order valence-corrected chi connectivity index (χ1v) is 7.75. The van der Waals surface area contributed by atoms with Crippen LogP contribution in [-0.2, 0) is 28.6 Å². The molecule has 7 nitrogen and oxygen atoms in total. The maximum absolute atomic E-state index is 14.6. The van der Waals surface area contributed by atoms with Crippen LogP contribution in [0.25, 0.3) is 0 Å². The molecule has 1 rings (SSSR count). The van der Waals surface area contributed by atoms with Crippen molar-refractivity contribution in [1.82, 2.24) is 5.32 Å². The van der Waals surface area contributed by atoms with E-state index in [1.165, 1.54) is 6.92 Å². The van der Waals surface area contributed by atoms with Crippen LogP contribution in [0.2, 0.25) is 0 Å². The molecule has 1 heterocycles. The maximum atomic E-state index is 14.6. The Morgan fingerprint density at radius 3 is 2.19 bits per heavy atom. The van der Waals surface area contributed by atoms with Crippen LogP contribution in [0.4, 0.5) is 4.39 Å². The Kier molecular flexibility index (Phi) is 6.78. The van der Waals surface area contributed by atoms with Gasteiger partial charge in [-0.2, -0.15) is 0 Å². The molecule has 0 unspecified atom stereocenters. The monoisotopic (exact) mass is 417 g/mol. The van der Waals surface area contributed by atoms with Crippen molar-refractivity contribution in [2.75, 3.05) is 4.43 Å². The number of esters is 2. The number of hydrogen-bond acceptors (Lipinski definition) is 6. The van der Waals surface area contributed by atoms with E-state index in [0.717, 1.165) is 13.8 Å². The zero-order chi connectivity index (χ0) is 16.2. The topological polar surface area (TPSA) is 90.9 Å². The minimum Gasteiger partial charge on any atom is -0.457 e. The lowest BCUT2D eigenvalue weighted by atomic mass is 9.98. The van der Waals surface area contributed by atoms with Crippen molar-refractivity contribution in [3.63, 3.8) is 0 Å². The first-order valence-electron chi connectivity index (χ1n) is 6.23. The molecule has 0 bridgehead atoms. The Morgan fingerprint density at radius 2 is 1.76 bits per heavy atom. The van der Waals surface area contributed by atoms with Crippen molar-refractivity contribution in [3.8, 4) is 0 Å². The van der Waals surface area contributed by atoms with E-state index in [9.17, 15) is 18.8 Å². The lowest BCUT2D eigenvalue weighted by Gasteiger charge is -2.41. The first-order chi connectivity index (χ1) is 9.76. The molecular formula is C12H17FINO6. The summed E-state index contributed by atoms with van der Waals surface area (Å²) >= 11 is 1.94. The summed E-state index contributed by atoms with van der Waals surface area (Å²) in [6.07, 6.45) is -4.98. The number of halogens is 2. The van der Waals surface area contributed by atoms with E-state index in [4.69, 9.17) is 14.2 Å². The van der Waals surface area contributed by atoms with Crippen molar-refractivity contribution in [1.29, 1.82) is 0 Å². The van der Waals surface area contributed by atoms with Crippen molar-refractivity contribution >= 4 is 40.4 Å². The van der Waals surface area contributed by atoms with E-state index in [-0.39, 0.29) is 0 Å². The smallest absolute Gasteiger partial charge is 0.305 e.